The van der Waals surface area contributed by atoms with E-state index in [0.717, 1.165) is 27.6 Å². The van der Waals surface area contributed by atoms with Crippen molar-refractivity contribution in [2.75, 3.05) is 25.5 Å². The molecule has 0 unspecified atom stereocenters. The third-order valence-corrected chi connectivity index (χ3v) is 8.85. The predicted octanol–water partition coefficient (Wildman–Crippen LogP) is 5.84. The summed E-state index contributed by atoms with van der Waals surface area (Å²) in [6, 6.07) is 20.9. The molecule has 0 bridgehead atoms. The summed E-state index contributed by atoms with van der Waals surface area (Å²) in [6.07, 6.45) is 5.57. The molecule has 5 rings (SSSR count). The zero-order valence-corrected chi connectivity index (χ0v) is 28.9. The fraction of sp³-hybridized carbons (Fsp3) is 0.222. The molecule has 2 aromatic heterocycles. The summed E-state index contributed by atoms with van der Waals surface area (Å²) in [7, 11) is 1.78. The van der Waals surface area contributed by atoms with Gasteiger partial charge in [-0.1, -0.05) is 59.1 Å². The second-order valence-corrected chi connectivity index (χ2v) is 12.7. The van der Waals surface area contributed by atoms with Gasteiger partial charge < -0.3 is 31.2 Å². The number of rotatable bonds is 14. The summed E-state index contributed by atoms with van der Waals surface area (Å²) in [4.78, 5) is 44.5. The molecule has 2 heterocycles. The maximum absolute atomic E-state index is 13.8. The molecule has 0 fully saturated rings. The lowest BCUT2D eigenvalue weighted by Crippen LogP contribution is -2.56. The topological polar surface area (TPSA) is 129 Å². The number of hydrogen-bond donors (Lipinski definition) is 5. The van der Waals surface area contributed by atoms with E-state index < -0.39 is 24.0 Å². The molecule has 13 heteroatoms. The van der Waals surface area contributed by atoms with Crippen LogP contribution in [0.15, 0.2) is 97.5 Å². The Morgan fingerprint density at radius 1 is 0.776 bits per heavy atom. The van der Waals surface area contributed by atoms with Crippen LogP contribution in [-0.4, -0.2) is 59.6 Å². The van der Waals surface area contributed by atoms with Gasteiger partial charge in [-0.2, -0.15) is 0 Å². The fourth-order valence-electron chi connectivity index (χ4n) is 5.31. The third kappa shape index (κ3) is 9.96. The SMILES string of the molecule is CNCCNC(=O)[C@H](Cc1ccncc1)NC(=O)[C@H](Cc1ccc(Cl)cc1)NC(=O)Nc1ccc2ccn(Cc3c(Cl)cccc3Cl)c2c1. The molecule has 0 aliphatic rings. The van der Waals surface area contributed by atoms with Gasteiger partial charge in [-0.3, -0.25) is 14.6 Å². The molecule has 0 aliphatic carbocycles. The van der Waals surface area contributed by atoms with Crippen LogP contribution < -0.4 is 26.6 Å². The van der Waals surface area contributed by atoms with Crippen molar-refractivity contribution in [3.05, 3.63) is 129 Å². The Labute approximate surface area is 299 Å². The van der Waals surface area contributed by atoms with Crippen molar-refractivity contribution in [2.24, 2.45) is 0 Å². The average molecular weight is 721 g/mol. The highest BCUT2D eigenvalue weighted by Gasteiger charge is 2.27. The van der Waals surface area contributed by atoms with E-state index in [2.05, 4.69) is 31.6 Å². The minimum absolute atomic E-state index is 0.153. The van der Waals surface area contributed by atoms with E-state index in [1.165, 1.54) is 0 Å². The number of nitrogens with one attached hydrogen (secondary N) is 5. The molecular weight excluding hydrogens is 685 g/mol. The zero-order chi connectivity index (χ0) is 34.8. The normalized spacial score (nSPS) is 12.2. The van der Waals surface area contributed by atoms with Gasteiger partial charge in [0.1, 0.15) is 12.1 Å². The van der Waals surface area contributed by atoms with Crippen LogP contribution in [0.4, 0.5) is 10.5 Å². The van der Waals surface area contributed by atoms with E-state index in [9.17, 15) is 14.4 Å². The van der Waals surface area contributed by atoms with Crippen LogP contribution in [-0.2, 0) is 29.0 Å². The molecule has 0 saturated carbocycles. The highest BCUT2D eigenvalue weighted by Crippen LogP contribution is 2.28. The molecule has 254 valence electrons. The van der Waals surface area contributed by atoms with Crippen LogP contribution in [0.1, 0.15) is 16.7 Å². The van der Waals surface area contributed by atoms with Crippen LogP contribution in [0.25, 0.3) is 10.9 Å². The first-order chi connectivity index (χ1) is 23.7. The Hall–Kier alpha value is -4.61. The second kappa shape index (κ2) is 17.2. The van der Waals surface area contributed by atoms with Crippen molar-refractivity contribution in [1.82, 2.24) is 30.8 Å². The van der Waals surface area contributed by atoms with Crippen molar-refractivity contribution >= 4 is 69.2 Å². The summed E-state index contributed by atoms with van der Waals surface area (Å²) in [6.45, 7) is 1.38. The van der Waals surface area contributed by atoms with Crippen LogP contribution in [0.3, 0.4) is 0 Å². The first-order valence-corrected chi connectivity index (χ1v) is 16.8. The number of benzene rings is 3. The Balaban J connectivity index is 1.34. The van der Waals surface area contributed by atoms with Gasteiger partial charge in [0, 0.05) is 70.8 Å². The molecule has 4 amide bonds. The number of likely N-dealkylation sites (N-methyl/N-ethyl adjacent to an activating group) is 1. The zero-order valence-electron chi connectivity index (χ0n) is 26.7. The number of aromatic nitrogens is 2. The molecule has 5 aromatic rings. The number of amides is 4. The predicted molar refractivity (Wildman–Crippen MR) is 195 cm³/mol. The van der Waals surface area contributed by atoms with Gasteiger partial charge in [0.15, 0.2) is 0 Å². The first kappa shape index (κ1) is 35.7. The van der Waals surface area contributed by atoms with Gasteiger partial charge in [0.05, 0.1) is 12.1 Å². The maximum Gasteiger partial charge on any atom is 0.319 e. The van der Waals surface area contributed by atoms with Crippen molar-refractivity contribution < 1.29 is 14.4 Å². The van der Waals surface area contributed by atoms with Crippen LogP contribution in [0, 0.1) is 0 Å². The van der Waals surface area contributed by atoms with E-state index in [-0.39, 0.29) is 18.7 Å². The van der Waals surface area contributed by atoms with Crippen LogP contribution >= 0.6 is 34.8 Å². The number of urea groups is 1. The minimum atomic E-state index is -1.03. The Bertz CT molecular complexity index is 1880. The summed E-state index contributed by atoms with van der Waals surface area (Å²) < 4.78 is 1.99. The molecule has 2 atom stereocenters. The van der Waals surface area contributed by atoms with Crippen molar-refractivity contribution in [3.8, 4) is 0 Å². The molecule has 0 radical (unpaired) electrons. The summed E-state index contributed by atoms with van der Waals surface area (Å²) in [5, 5.41) is 17.0. The molecule has 0 saturated heterocycles. The lowest BCUT2D eigenvalue weighted by Gasteiger charge is -2.24. The molecule has 10 nitrogen and oxygen atoms in total. The summed E-state index contributed by atoms with van der Waals surface area (Å²) >= 11 is 18.9. The Morgan fingerprint density at radius 3 is 2.14 bits per heavy atom. The fourth-order valence-corrected chi connectivity index (χ4v) is 5.96. The largest absolute Gasteiger partial charge is 0.353 e. The molecular formula is C36H36Cl3N7O3. The van der Waals surface area contributed by atoms with Gasteiger partial charge >= 0.3 is 6.03 Å². The van der Waals surface area contributed by atoms with Gasteiger partial charge in [0.2, 0.25) is 11.8 Å². The number of pyridine rings is 1. The first-order valence-electron chi connectivity index (χ1n) is 15.7. The van der Waals surface area contributed by atoms with E-state index in [1.807, 2.05) is 29.0 Å². The number of carbonyl (C=O) groups is 3. The minimum Gasteiger partial charge on any atom is -0.353 e. The van der Waals surface area contributed by atoms with E-state index >= 15 is 0 Å². The maximum atomic E-state index is 13.8. The van der Waals surface area contributed by atoms with Crippen molar-refractivity contribution in [3.63, 3.8) is 0 Å². The number of carbonyl (C=O) groups excluding carboxylic acids is 3. The lowest BCUT2D eigenvalue weighted by molar-refractivity contribution is -0.129. The van der Waals surface area contributed by atoms with Crippen LogP contribution in [0.5, 0.6) is 0 Å². The average Bonchev–Trinajstić information content (AvgIpc) is 3.49. The molecule has 0 spiro atoms. The second-order valence-electron chi connectivity index (χ2n) is 11.4. The van der Waals surface area contributed by atoms with E-state index in [0.29, 0.717) is 40.4 Å². The highest BCUT2D eigenvalue weighted by molar-refractivity contribution is 6.36. The molecule has 0 aliphatic heterocycles. The van der Waals surface area contributed by atoms with Gasteiger partial charge in [0.25, 0.3) is 0 Å². The van der Waals surface area contributed by atoms with Crippen molar-refractivity contribution in [1.29, 1.82) is 0 Å². The Kier molecular flexibility index (Phi) is 12.5. The van der Waals surface area contributed by atoms with Crippen molar-refractivity contribution in [2.45, 2.75) is 31.5 Å². The standard InChI is InChI=1S/C36H36Cl3N7O3/c1-40-16-17-42-34(47)31(20-24-11-14-41-15-12-24)44-35(48)32(19-23-5-8-26(37)9-6-23)45-36(49)43-27-10-7-25-13-18-46(33(25)21-27)22-28-29(38)3-2-4-30(28)39/h2-15,18,21,31-32,40H,16-17,19-20,22H2,1H3,(H,42,47)(H,44,48)(H2,43,45,49)/t31-,32-/m0/s1. The quantitative estimate of drug-likeness (QED) is 0.0922. The third-order valence-electron chi connectivity index (χ3n) is 7.89. The summed E-state index contributed by atoms with van der Waals surface area (Å²) in [5.74, 6) is -0.863. The number of nitrogens with zero attached hydrogens (tertiary/aromatic N) is 2. The summed E-state index contributed by atoms with van der Waals surface area (Å²) in [5.41, 5.74) is 3.74. The number of fused-ring (bicyclic) bond motifs is 1. The number of hydrogen-bond acceptors (Lipinski definition) is 5. The molecule has 3 aromatic carbocycles. The van der Waals surface area contributed by atoms with Gasteiger partial charge in [-0.25, -0.2) is 4.79 Å². The van der Waals surface area contributed by atoms with E-state index in [4.69, 9.17) is 34.8 Å². The van der Waals surface area contributed by atoms with Gasteiger partial charge in [-0.15, -0.1) is 0 Å². The lowest BCUT2D eigenvalue weighted by atomic mass is 10.0. The number of anilines is 1. The highest BCUT2D eigenvalue weighted by atomic mass is 35.5. The molecule has 5 N–H and O–H groups in total. The van der Waals surface area contributed by atoms with Gasteiger partial charge in [-0.05, 0) is 78.2 Å². The Morgan fingerprint density at radius 2 is 1.45 bits per heavy atom. The van der Waals surface area contributed by atoms with E-state index in [1.54, 1.807) is 80.1 Å². The monoisotopic (exact) mass is 719 g/mol. The van der Waals surface area contributed by atoms with Crippen LogP contribution in [0.2, 0.25) is 15.1 Å². The molecule has 49 heavy (non-hydrogen) atoms. The smallest absolute Gasteiger partial charge is 0.319 e. The number of halogens is 3.